The van der Waals surface area contributed by atoms with E-state index in [1.54, 1.807) is 18.2 Å². The fourth-order valence-electron chi connectivity index (χ4n) is 2.28. The number of rotatable bonds is 1. The second-order valence-electron chi connectivity index (χ2n) is 4.18. The van der Waals surface area contributed by atoms with Gasteiger partial charge in [0.2, 0.25) is 9.84 Å². The molecule has 17 heavy (non-hydrogen) atoms. The van der Waals surface area contributed by atoms with Crippen LogP contribution in [0.4, 0.5) is 0 Å². The van der Waals surface area contributed by atoms with Crippen molar-refractivity contribution in [2.24, 2.45) is 0 Å². The lowest BCUT2D eigenvalue weighted by Gasteiger charge is -2.01. The van der Waals surface area contributed by atoms with Crippen LogP contribution < -0.4 is 0 Å². The molecule has 0 spiro atoms. The molecule has 0 bridgehead atoms. The molecule has 86 valence electrons. The van der Waals surface area contributed by atoms with Crippen LogP contribution in [0.5, 0.6) is 0 Å². The number of hydrogen-bond donors (Lipinski definition) is 0. The molecular formula is C14H12O2S. The second kappa shape index (κ2) is 3.44. The first kappa shape index (κ1) is 10.5. The first-order valence-corrected chi connectivity index (χ1v) is 7.10. The van der Waals surface area contributed by atoms with Crippen LogP contribution in [-0.4, -0.2) is 8.42 Å². The molecular weight excluding hydrogens is 232 g/mol. The van der Waals surface area contributed by atoms with E-state index in [1.165, 1.54) is 0 Å². The molecule has 0 N–H and O–H groups in total. The molecule has 0 fully saturated rings. The second-order valence-corrected chi connectivity index (χ2v) is 6.07. The molecule has 3 heteroatoms. The highest BCUT2D eigenvalue weighted by atomic mass is 32.2. The van der Waals surface area contributed by atoms with Gasteiger partial charge < -0.3 is 0 Å². The van der Waals surface area contributed by atoms with E-state index in [4.69, 9.17) is 0 Å². The highest BCUT2D eigenvalue weighted by Crippen LogP contribution is 2.43. The van der Waals surface area contributed by atoms with Gasteiger partial charge in [0.15, 0.2) is 0 Å². The van der Waals surface area contributed by atoms with Crippen LogP contribution in [0.1, 0.15) is 12.5 Å². The van der Waals surface area contributed by atoms with Gasteiger partial charge in [-0.2, -0.15) is 0 Å². The summed E-state index contributed by atoms with van der Waals surface area (Å²) in [4.78, 5) is 0.874. The molecule has 2 nitrogen and oxygen atoms in total. The van der Waals surface area contributed by atoms with Gasteiger partial charge in [-0.05, 0) is 30.2 Å². The van der Waals surface area contributed by atoms with E-state index in [-0.39, 0.29) is 0 Å². The first-order valence-electron chi connectivity index (χ1n) is 5.62. The van der Waals surface area contributed by atoms with Crippen molar-refractivity contribution >= 4 is 9.84 Å². The van der Waals surface area contributed by atoms with E-state index in [2.05, 4.69) is 6.92 Å². The average molecular weight is 244 g/mol. The quantitative estimate of drug-likeness (QED) is 0.659. The van der Waals surface area contributed by atoms with E-state index in [9.17, 15) is 8.42 Å². The molecule has 2 aromatic rings. The zero-order valence-corrected chi connectivity index (χ0v) is 10.3. The lowest BCUT2D eigenvalue weighted by Crippen LogP contribution is -1.96. The Morgan fingerprint density at radius 2 is 1.65 bits per heavy atom. The molecule has 0 saturated heterocycles. The Labute approximate surface area is 101 Å². The van der Waals surface area contributed by atoms with Crippen LogP contribution >= 0.6 is 0 Å². The Hall–Kier alpha value is -1.61. The van der Waals surface area contributed by atoms with Gasteiger partial charge in [-0.1, -0.05) is 31.2 Å². The first-order chi connectivity index (χ1) is 8.14. The molecule has 0 aromatic heterocycles. The zero-order valence-electron chi connectivity index (χ0n) is 9.47. The molecule has 0 saturated carbocycles. The molecule has 3 rings (SSSR count). The minimum Gasteiger partial charge on any atom is -0.218 e. The predicted octanol–water partition coefficient (Wildman–Crippen LogP) is 3.06. The number of benzene rings is 2. The zero-order chi connectivity index (χ0) is 12.0. The Morgan fingerprint density at radius 1 is 0.941 bits per heavy atom. The molecule has 0 aliphatic carbocycles. The minimum atomic E-state index is -3.29. The van der Waals surface area contributed by atoms with Crippen LogP contribution in [-0.2, 0) is 16.3 Å². The van der Waals surface area contributed by atoms with Gasteiger partial charge in [0.1, 0.15) is 0 Å². The maximum atomic E-state index is 12.3. The monoisotopic (exact) mass is 244 g/mol. The number of fused-ring (bicyclic) bond motifs is 3. The van der Waals surface area contributed by atoms with Gasteiger partial charge in [0.25, 0.3) is 0 Å². The summed E-state index contributed by atoms with van der Waals surface area (Å²) in [5.74, 6) is 0. The fourth-order valence-corrected chi connectivity index (χ4v) is 3.95. The normalized spacial score (nSPS) is 15.4. The molecule has 1 aliphatic rings. The summed E-state index contributed by atoms with van der Waals surface area (Å²) in [5, 5.41) is 0. The van der Waals surface area contributed by atoms with Gasteiger partial charge in [0.05, 0.1) is 9.79 Å². The smallest absolute Gasteiger partial charge is 0.207 e. The lowest BCUT2D eigenvalue weighted by molar-refractivity contribution is 0.598. The van der Waals surface area contributed by atoms with Gasteiger partial charge >= 0.3 is 0 Å². The van der Waals surface area contributed by atoms with E-state index in [1.807, 2.05) is 24.3 Å². The molecule has 0 radical (unpaired) electrons. The van der Waals surface area contributed by atoms with Crippen molar-refractivity contribution in [1.29, 1.82) is 0 Å². The van der Waals surface area contributed by atoms with Crippen LogP contribution in [0.15, 0.2) is 52.3 Å². The Kier molecular flexibility index (Phi) is 2.13. The number of hydrogen-bond acceptors (Lipinski definition) is 2. The highest BCUT2D eigenvalue weighted by molar-refractivity contribution is 7.92. The van der Waals surface area contributed by atoms with Crippen LogP contribution in [0, 0.1) is 0 Å². The van der Waals surface area contributed by atoms with Gasteiger partial charge in [-0.25, -0.2) is 8.42 Å². The summed E-state index contributed by atoms with van der Waals surface area (Å²) < 4.78 is 24.6. The SMILES string of the molecule is CCc1ccc2c(c1)-c1ccccc1S2(=O)=O. The summed E-state index contributed by atoms with van der Waals surface area (Å²) >= 11 is 0. The fraction of sp³-hybridized carbons (Fsp3) is 0.143. The maximum Gasteiger partial charge on any atom is 0.207 e. The van der Waals surface area contributed by atoms with Crippen molar-refractivity contribution in [3.05, 3.63) is 48.0 Å². The van der Waals surface area contributed by atoms with Crippen molar-refractivity contribution in [1.82, 2.24) is 0 Å². The molecule has 0 unspecified atom stereocenters. The van der Waals surface area contributed by atoms with Crippen LogP contribution in [0.25, 0.3) is 11.1 Å². The minimum absolute atomic E-state index is 0.434. The third-order valence-electron chi connectivity index (χ3n) is 3.21. The third kappa shape index (κ3) is 1.35. The molecule has 0 atom stereocenters. The summed E-state index contributed by atoms with van der Waals surface area (Å²) in [7, 11) is -3.29. The third-order valence-corrected chi connectivity index (χ3v) is 5.08. The summed E-state index contributed by atoms with van der Waals surface area (Å²) in [6.45, 7) is 2.07. The van der Waals surface area contributed by atoms with Crippen LogP contribution in [0.3, 0.4) is 0 Å². The van der Waals surface area contributed by atoms with E-state index in [0.717, 1.165) is 23.1 Å². The topological polar surface area (TPSA) is 34.1 Å². The van der Waals surface area contributed by atoms with E-state index >= 15 is 0 Å². The average Bonchev–Trinajstić information content (AvgIpc) is 2.59. The van der Waals surface area contributed by atoms with Crippen molar-refractivity contribution in [2.75, 3.05) is 0 Å². The highest BCUT2D eigenvalue weighted by Gasteiger charge is 2.32. The van der Waals surface area contributed by atoms with Crippen molar-refractivity contribution < 1.29 is 8.42 Å². The summed E-state index contributed by atoms with van der Waals surface area (Å²) in [6.07, 6.45) is 0.912. The molecule has 1 heterocycles. The molecule has 1 aliphatic heterocycles. The summed E-state index contributed by atoms with van der Waals surface area (Å²) in [6, 6.07) is 12.8. The van der Waals surface area contributed by atoms with Crippen molar-refractivity contribution in [2.45, 2.75) is 23.1 Å². The lowest BCUT2D eigenvalue weighted by atomic mass is 10.0. The van der Waals surface area contributed by atoms with Crippen molar-refractivity contribution in [3.63, 3.8) is 0 Å². The largest absolute Gasteiger partial charge is 0.218 e. The predicted molar refractivity (Wildman–Crippen MR) is 66.7 cm³/mol. The maximum absolute atomic E-state index is 12.3. The molecule has 0 amide bonds. The standard InChI is InChI=1S/C14H12O2S/c1-2-10-7-8-14-12(9-10)11-5-3-4-6-13(11)17(14,15)16/h3-9H,2H2,1H3. The Bertz CT molecular complexity index is 700. The Balaban J connectivity index is 2.41. The van der Waals surface area contributed by atoms with Crippen LogP contribution in [0.2, 0.25) is 0 Å². The van der Waals surface area contributed by atoms with Crippen molar-refractivity contribution in [3.8, 4) is 11.1 Å². The number of sulfone groups is 1. The molecule has 2 aromatic carbocycles. The van der Waals surface area contributed by atoms with E-state index < -0.39 is 9.84 Å². The summed E-state index contributed by atoms with van der Waals surface area (Å²) in [5.41, 5.74) is 2.84. The van der Waals surface area contributed by atoms with Gasteiger partial charge in [-0.3, -0.25) is 0 Å². The van der Waals surface area contributed by atoms with Gasteiger partial charge in [-0.15, -0.1) is 0 Å². The Morgan fingerprint density at radius 3 is 2.41 bits per heavy atom. The number of aryl methyl sites for hydroxylation is 1. The van der Waals surface area contributed by atoms with E-state index in [0.29, 0.717) is 9.79 Å². The van der Waals surface area contributed by atoms with Gasteiger partial charge in [0, 0.05) is 11.1 Å².